The van der Waals surface area contributed by atoms with E-state index in [4.69, 9.17) is 15.2 Å². The van der Waals surface area contributed by atoms with Gasteiger partial charge in [0.1, 0.15) is 11.5 Å². The highest BCUT2D eigenvalue weighted by atomic mass is 16.5. The normalized spacial score (nSPS) is 18.7. The maximum absolute atomic E-state index is 13.1. The topological polar surface area (TPSA) is 109 Å². The number of benzene rings is 2. The second kappa shape index (κ2) is 10.6. The molecular formula is C28H30N4O4. The Labute approximate surface area is 211 Å². The molecule has 0 spiro atoms. The molecule has 1 atom stereocenters. The Kier molecular flexibility index (Phi) is 7.30. The molecule has 4 rings (SSSR count). The number of rotatable bonds is 5. The van der Waals surface area contributed by atoms with Crippen molar-refractivity contribution in [2.24, 2.45) is 11.7 Å². The molecule has 0 amide bonds. The third-order valence-electron chi connectivity index (χ3n) is 6.87. The lowest BCUT2D eigenvalue weighted by molar-refractivity contribution is -0.139. The van der Waals surface area contributed by atoms with Gasteiger partial charge in [0, 0.05) is 24.5 Å². The lowest BCUT2D eigenvalue weighted by atomic mass is 9.81. The zero-order chi connectivity index (χ0) is 25.8. The van der Waals surface area contributed by atoms with Crippen molar-refractivity contribution in [2.45, 2.75) is 25.7 Å². The largest absolute Gasteiger partial charge is 0.466 e. The summed E-state index contributed by atoms with van der Waals surface area (Å²) >= 11 is 0. The summed E-state index contributed by atoms with van der Waals surface area (Å²) in [6.07, 6.45) is 2.27. The molecule has 8 heteroatoms. The van der Waals surface area contributed by atoms with Crippen LogP contribution in [0.2, 0.25) is 0 Å². The van der Waals surface area contributed by atoms with Crippen molar-refractivity contribution in [1.29, 1.82) is 5.26 Å². The molecular weight excluding hydrogens is 456 g/mol. The molecule has 2 heterocycles. The fourth-order valence-electron chi connectivity index (χ4n) is 4.86. The molecule has 1 unspecified atom stereocenters. The van der Waals surface area contributed by atoms with Crippen LogP contribution in [0.15, 0.2) is 77.3 Å². The molecule has 2 aliphatic rings. The Morgan fingerprint density at radius 1 is 0.944 bits per heavy atom. The van der Waals surface area contributed by atoms with Crippen molar-refractivity contribution in [1.82, 2.24) is 0 Å². The van der Waals surface area contributed by atoms with Gasteiger partial charge in [-0.25, -0.2) is 9.59 Å². The van der Waals surface area contributed by atoms with Crippen molar-refractivity contribution < 1.29 is 19.1 Å². The number of ether oxygens (including phenoxy) is 2. The maximum Gasteiger partial charge on any atom is 0.355 e. The van der Waals surface area contributed by atoms with Crippen LogP contribution >= 0.6 is 0 Å². The minimum absolute atomic E-state index is 0.00426. The third kappa shape index (κ3) is 4.52. The highest BCUT2D eigenvalue weighted by molar-refractivity contribution is 6.06. The van der Waals surface area contributed by atoms with Crippen LogP contribution in [0.3, 0.4) is 0 Å². The first-order valence-electron chi connectivity index (χ1n) is 11.9. The van der Waals surface area contributed by atoms with Crippen LogP contribution < -0.4 is 15.5 Å². The van der Waals surface area contributed by atoms with Gasteiger partial charge in [-0.3, -0.25) is 4.90 Å². The van der Waals surface area contributed by atoms with Gasteiger partial charge in [-0.1, -0.05) is 37.3 Å². The number of carbonyl (C=O) groups is 2. The van der Waals surface area contributed by atoms with E-state index in [-0.39, 0.29) is 22.7 Å². The lowest BCUT2D eigenvalue weighted by Gasteiger charge is -2.36. The summed E-state index contributed by atoms with van der Waals surface area (Å²) in [6.45, 7) is 4.22. The molecule has 1 saturated heterocycles. The average molecular weight is 487 g/mol. The van der Waals surface area contributed by atoms with Crippen LogP contribution in [0.4, 0.5) is 11.4 Å². The molecule has 2 aliphatic heterocycles. The van der Waals surface area contributed by atoms with Gasteiger partial charge in [0.25, 0.3) is 0 Å². The van der Waals surface area contributed by atoms with E-state index in [9.17, 15) is 14.9 Å². The Bertz CT molecular complexity index is 1240. The Morgan fingerprint density at radius 2 is 1.53 bits per heavy atom. The Hall–Kier alpha value is -4.25. The second-order valence-electron chi connectivity index (χ2n) is 9.02. The molecule has 0 bridgehead atoms. The van der Waals surface area contributed by atoms with Gasteiger partial charge >= 0.3 is 11.9 Å². The van der Waals surface area contributed by atoms with Crippen molar-refractivity contribution in [3.05, 3.63) is 82.8 Å². The molecule has 2 aromatic carbocycles. The molecule has 36 heavy (non-hydrogen) atoms. The number of nitriles is 1. The maximum atomic E-state index is 13.1. The summed E-state index contributed by atoms with van der Waals surface area (Å²) in [4.78, 5) is 30.0. The summed E-state index contributed by atoms with van der Waals surface area (Å²) in [5, 5.41) is 10.1. The van der Waals surface area contributed by atoms with Crippen molar-refractivity contribution in [3.8, 4) is 6.07 Å². The Balaban J connectivity index is 1.87. The fourth-order valence-corrected chi connectivity index (χ4v) is 4.86. The molecule has 0 saturated carbocycles. The number of piperidine rings is 1. The van der Waals surface area contributed by atoms with E-state index < -0.39 is 17.9 Å². The van der Waals surface area contributed by atoms with Crippen LogP contribution in [-0.4, -0.2) is 39.2 Å². The van der Waals surface area contributed by atoms with E-state index in [1.165, 1.54) is 19.1 Å². The van der Waals surface area contributed by atoms with Gasteiger partial charge in [0.15, 0.2) is 0 Å². The van der Waals surface area contributed by atoms with Gasteiger partial charge in [0.05, 0.1) is 37.4 Å². The number of hydrogen-bond donors (Lipinski definition) is 1. The highest BCUT2D eigenvalue weighted by Gasteiger charge is 2.43. The molecule has 1 fully saturated rings. The average Bonchev–Trinajstić information content (AvgIpc) is 2.92. The standard InChI is InChI=1S/C28H30N4O4/c1-18-13-15-31(16-14-18)20-9-11-21(12-10-20)32-25(28(34)36-3)24(27(33)35-2)23(22(17-29)26(32)30)19-7-5-4-6-8-19/h4-12,18,23H,13-16,30H2,1-3H3. The van der Waals surface area contributed by atoms with Crippen LogP contribution in [0.1, 0.15) is 31.2 Å². The predicted molar refractivity (Wildman–Crippen MR) is 137 cm³/mol. The van der Waals surface area contributed by atoms with Crippen LogP contribution in [0, 0.1) is 17.2 Å². The van der Waals surface area contributed by atoms with E-state index in [0.717, 1.165) is 31.6 Å². The number of hydrogen-bond acceptors (Lipinski definition) is 8. The minimum atomic E-state index is -0.886. The number of carbonyl (C=O) groups excluding carboxylic acids is 2. The van der Waals surface area contributed by atoms with Crippen molar-refractivity contribution >= 4 is 23.3 Å². The first kappa shape index (κ1) is 24.9. The number of methoxy groups -OCH3 is 2. The van der Waals surface area contributed by atoms with E-state index >= 15 is 0 Å². The fraction of sp³-hybridized carbons (Fsp3) is 0.321. The summed E-state index contributed by atoms with van der Waals surface area (Å²) in [7, 11) is 2.47. The van der Waals surface area contributed by atoms with E-state index in [1.54, 1.807) is 24.3 Å². The van der Waals surface area contributed by atoms with Crippen molar-refractivity contribution in [3.63, 3.8) is 0 Å². The summed E-state index contributed by atoms with van der Waals surface area (Å²) in [6, 6.07) is 18.7. The van der Waals surface area contributed by atoms with Crippen molar-refractivity contribution in [2.75, 3.05) is 37.1 Å². The highest BCUT2D eigenvalue weighted by Crippen LogP contribution is 2.43. The van der Waals surface area contributed by atoms with Gasteiger partial charge in [-0.05, 0) is 48.6 Å². The summed E-state index contributed by atoms with van der Waals surface area (Å²) in [5.74, 6) is -1.62. The molecule has 186 valence electrons. The number of anilines is 2. The summed E-state index contributed by atoms with van der Waals surface area (Å²) in [5.41, 5.74) is 8.84. The SMILES string of the molecule is COC(=O)C1=C(C(=O)OC)N(c2ccc(N3CCC(C)CC3)cc2)C(N)=C(C#N)C1c1ccccc1. The second-order valence-corrected chi connectivity index (χ2v) is 9.02. The molecule has 0 aromatic heterocycles. The number of nitrogens with two attached hydrogens (primary N) is 1. The first-order chi connectivity index (χ1) is 17.4. The van der Waals surface area contributed by atoms with Gasteiger partial charge < -0.3 is 20.1 Å². The smallest absolute Gasteiger partial charge is 0.355 e. The van der Waals surface area contributed by atoms with E-state index in [1.807, 2.05) is 30.3 Å². The molecule has 2 N–H and O–H groups in total. The number of allylic oxidation sites excluding steroid dienone is 1. The predicted octanol–water partition coefficient (Wildman–Crippen LogP) is 3.82. The third-order valence-corrected chi connectivity index (χ3v) is 6.87. The zero-order valence-corrected chi connectivity index (χ0v) is 20.7. The quantitative estimate of drug-likeness (QED) is 0.636. The van der Waals surface area contributed by atoms with E-state index in [2.05, 4.69) is 17.9 Å². The van der Waals surface area contributed by atoms with Gasteiger partial charge in [-0.15, -0.1) is 0 Å². The van der Waals surface area contributed by atoms with Gasteiger partial charge in [0.2, 0.25) is 0 Å². The Morgan fingerprint density at radius 3 is 2.08 bits per heavy atom. The monoisotopic (exact) mass is 486 g/mol. The number of nitrogens with zero attached hydrogens (tertiary/aromatic N) is 3. The molecule has 0 radical (unpaired) electrons. The molecule has 8 nitrogen and oxygen atoms in total. The van der Waals surface area contributed by atoms with Crippen LogP contribution in [0.25, 0.3) is 0 Å². The van der Waals surface area contributed by atoms with Gasteiger partial charge in [-0.2, -0.15) is 5.26 Å². The number of esters is 2. The summed E-state index contributed by atoms with van der Waals surface area (Å²) < 4.78 is 10.2. The van der Waals surface area contributed by atoms with E-state index in [0.29, 0.717) is 17.2 Å². The lowest BCUT2D eigenvalue weighted by Crippen LogP contribution is -2.40. The molecule has 2 aromatic rings. The van der Waals surface area contributed by atoms with Crippen LogP contribution in [-0.2, 0) is 19.1 Å². The molecule has 0 aliphatic carbocycles. The first-order valence-corrected chi connectivity index (χ1v) is 11.9. The minimum Gasteiger partial charge on any atom is -0.466 e. The zero-order valence-electron chi connectivity index (χ0n) is 20.7. The van der Waals surface area contributed by atoms with Crippen LogP contribution in [0.5, 0.6) is 0 Å².